The van der Waals surface area contributed by atoms with Crippen molar-refractivity contribution in [3.05, 3.63) is 35.4 Å². The number of carbonyl (C=O) groups is 1. The summed E-state index contributed by atoms with van der Waals surface area (Å²) in [6.07, 6.45) is 1.70. The van der Waals surface area contributed by atoms with Gasteiger partial charge in [0.1, 0.15) is 6.04 Å². The summed E-state index contributed by atoms with van der Waals surface area (Å²) in [5.41, 5.74) is 1.76. The van der Waals surface area contributed by atoms with Crippen LogP contribution in [0.1, 0.15) is 30.0 Å². The Morgan fingerprint density at radius 2 is 2.12 bits per heavy atom. The summed E-state index contributed by atoms with van der Waals surface area (Å²) in [7, 11) is 1.40. The Labute approximate surface area is 100 Å². The van der Waals surface area contributed by atoms with Crippen molar-refractivity contribution in [3.8, 4) is 6.07 Å². The second-order valence-electron chi connectivity index (χ2n) is 4.11. The molecule has 1 heterocycles. The average molecular weight is 230 g/mol. The van der Waals surface area contributed by atoms with E-state index in [4.69, 9.17) is 10.00 Å². The molecule has 4 nitrogen and oxygen atoms in total. The summed E-state index contributed by atoms with van der Waals surface area (Å²) in [6, 6.07) is 9.49. The van der Waals surface area contributed by atoms with Gasteiger partial charge in [-0.05, 0) is 30.5 Å². The van der Waals surface area contributed by atoms with E-state index < -0.39 is 0 Å². The van der Waals surface area contributed by atoms with E-state index in [0.29, 0.717) is 5.56 Å². The number of methoxy groups -OCH3 is 1. The first-order chi connectivity index (χ1) is 8.24. The van der Waals surface area contributed by atoms with Gasteiger partial charge in [0.2, 0.25) is 0 Å². The summed E-state index contributed by atoms with van der Waals surface area (Å²) in [5, 5.41) is 12.0. The first-order valence-corrected chi connectivity index (χ1v) is 5.58. The zero-order chi connectivity index (χ0) is 12.3. The molecule has 0 unspecified atom stereocenters. The number of hydrogen-bond donors (Lipinski definition) is 1. The average Bonchev–Trinajstić information content (AvgIpc) is 2.87. The summed E-state index contributed by atoms with van der Waals surface area (Å²) in [5.74, 6) is -0.207. The lowest BCUT2D eigenvalue weighted by molar-refractivity contribution is -0.142. The molecule has 1 aliphatic heterocycles. The maximum absolute atomic E-state index is 11.4. The molecule has 4 heteroatoms. The Kier molecular flexibility index (Phi) is 3.40. The number of nitriles is 1. The number of esters is 1. The number of hydrogen-bond acceptors (Lipinski definition) is 4. The fourth-order valence-electron chi connectivity index (χ4n) is 2.12. The molecule has 2 rings (SSSR count). The van der Waals surface area contributed by atoms with Crippen molar-refractivity contribution in [1.82, 2.24) is 5.32 Å². The minimum Gasteiger partial charge on any atom is -0.468 e. The van der Waals surface area contributed by atoms with E-state index in [2.05, 4.69) is 11.4 Å². The van der Waals surface area contributed by atoms with Crippen LogP contribution in [0.25, 0.3) is 0 Å². The second-order valence-corrected chi connectivity index (χ2v) is 4.11. The lowest BCUT2D eigenvalue weighted by Gasteiger charge is -2.13. The van der Waals surface area contributed by atoms with E-state index in [1.54, 1.807) is 12.1 Å². The van der Waals surface area contributed by atoms with Crippen LogP contribution in [0.2, 0.25) is 0 Å². The SMILES string of the molecule is COC(=O)[C@@H]1CC[C@H](c2ccc(C#N)cc2)N1. The number of carbonyl (C=O) groups excluding carboxylic acids is 1. The molecule has 88 valence electrons. The van der Waals surface area contributed by atoms with Gasteiger partial charge in [-0.1, -0.05) is 12.1 Å². The second kappa shape index (κ2) is 4.98. The third-order valence-corrected chi connectivity index (χ3v) is 3.07. The number of ether oxygens (including phenoxy) is 1. The van der Waals surface area contributed by atoms with Gasteiger partial charge in [-0.25, -0.2) is 0 Å². The zero-order valence-corrected chi connectivity index (χ0v) is 9.64. The van der Waals surface area contributed by atoms with E-state index in [0.717, 1.165) is 18.4 Å². The van der Waals surface area contributed by atoms with Gasteiger partial charge in [0.25, 0.3) is 0 Å². The molecular weight excluding hydrogens is 216 g/mol. The number of nitrogens with one attached hydrogen (secondary N) is 1. The lowest BCUT2D eigenvalue weighted by atomic mass is 10.0. The molecule has 0 radical (unpaired) electrons. The van der Waals surface area contributed by atoms with Crippen LogP contribution in [0, 0.1) is 11.3 Å². The van der Waals surface area contributed by atoms with Crippen molar-refractivity contribution in [3.63, 3.8) is 0 Å². The molecule has 0 saturated carbocycles. The van der Waals surface area contributed by atoms with Gasteiger partial charge in [0.05, 0.1) is 18.7 Å². The van der Waals surface area contributed by atoms with Crippen LogP contribution in [0.5, 0.6) is 0 Å². The van der Waals surface area contributed by atoms with Crippen LogP contribution in [-0.4, -0.2) is 19.1 Å². The number of rotatable bonds is 2. The Morgan fingerprint density at radius 1 is 1.41 bits per heavy atom. The van der Waals surface area contributed by atoms with Crippen LogP contribution in [0.3, 0.4) is 0 Å². The zero-order valence-electron chi connectivity index (χ0n) is 9.64. The van der Waals surface area contributed by atoms with Crippen LogP contribution >= 0.6 is 0 Å². The molecular formula is C13H14N2O2. The number of benzene rings is 1. The van der Waals surface area contributed by atoms with E-state index >= 15 is 0 Å². The molecule has 17 heavy (non-hydrogen) atoms. The van der Waals surface area contributed by atoms with Gasteiger partial charge >= 0.3 is 5.97 Å². The summed E-state index contributed by atoms with van der Waals surface area (Å²) < 4.78 is 4.71. The molecule has 0 aromatic heterocycles. The Hall–Kier alpha value is -1.86. The van der Waals surface area contributed by atoms with Crippen molar-refractivity contribution in [2.24, 2.45) is 0 Å². The monoisotopic (exact) mass is 230 g/mol. The normalized spacial score (nSPS) is 23.1. The van der Waals surface area contributed by atoms with Crippen LogP contribution < -0.4 is 5.32 Å². The molecule has 1 aromatic carbocycles. The molecule has 0 amide bonds. The van der Waals surface area contributed by atoms with Crippen molar-refractivity contribution < 1.29 is 9.53 Å². The van der Waals surface area contributed by atoms with Crippen molar-refractivity contribution in [2.45, 2.75) is 24.9 Å². The maximum atomic E-state index is 11.4. The maximum Gasteiger partial charge on any atom is 0.322 e. The minimum absolute atomic E-state index is 0.173. The number of nitrogens with zero attached hydrogens (tertiary/aromatic N) is 1. The molecule has 1 aromatic rings. The predicted octanol–water partition coefficient (Wildman–Crippen LogP) is 1.52. The molecule has 1 N–H and O–H groups in total. The fourth-order valence-corrected chi connectivity index (χ4v) is 2.12. The first kappa shape index (κ1) is 11.6. The molecule has 0 bridgehead atoms. The lowest BCUT2D eigenvalue weighted by Crippen LogP contribution is -2.33. The van der Waals surface area contributed by atoms with Crippen molar-refractivity contribution in [1.29, 1.82) is 5.26 Å². The largest absolute Gasteiger partial charge is 0.468 e. The van der Waals surface area contributed by atoms with E-state index in [9.17, 15) is 4.79 Å². The molecule has 0 aliphatic carbocycles. The molecule has 1 fully saturated rings. The van der Waals surface area contributed by atoms with Crippen molar-refractivity contribution >= 4 is 5.97 Å². The highest BCUT2D eigenvalue weighted by Crippen LogP contribution is 2.27. The molecule has 2 atom stereocenters. The van der Waals surface area contributed by atoms with E-state index in [-0.39, 0.29) is 18.1 Å². The van der Waals surface area contributed by atoms with Crippen LogP contribution in [0.4, 0.5) is 0 Å². The Bertz CT molecular complexity index is 447. The third kappa shape index (κ3) is 2.45. The van der Waals surface area contributed by atoms with E-state index in [1.807, 2.05) is 12.1 Å². The third-order valence-electron chi connectivity index (χ3n) is 3.07. The van der Waals surface area contributed by atoms with Gasteiger partial charge in [-0.15, -0.1) is 0 Å². The first-order valence-electron chi connectivity index (χ1n) is 5.58. The topological polar surface area (TPSA) is 62.1 Å². The quantitative estimate of drug-likeness (QED) is 0.782. The van der Waals surface area contributed by atoms with E-state index in [1.165, 1.54) is 7.11 Å². The molecule has 1 aliphatic rings. The standard InChI is InChI=1S/C13H14N2O2/c1-17-13(16)12-7-6-11(15-12)10-4-2-9(8-14)3-5-10/h2-5,11-12,15H,6-7H2,1H3/t11-,12+/m1/s1. The van der Waals surface area contributed by atoms with Crippen LogP contribution in [0.15, 0.2) is 24.3 Å². The molecule has 0 spiro atoms. The highest BCUT2D eigenvalue weighted by molar-refractivity contribution is 5.76. The highest BCUT2D eigenvalue weighted by atomic mass is 16.5. The van der Waals surface area contributed by atoms with Crippen LogP contribution in [-0.2, 0) is 9.53 Å². The van der Waals surface area contributed by atoms with Gasteiger partial charge < -0.3 is 4.74 Å². The summed E-state index contributed by atoms with van der Waals surface area (Å²) >= 11 is 0. The van der Waals surface area contributed by atoms with Gasteiger partial charge in [-0.3, -0.25) is 10.1 Å². The fraction of sp³-hybridized carbons (Fsp3) is 0.385. The smallest absolute Gasteiger partial charge is 0.322 e. The van der Waals surface area contributed by atoms with Gasteiger partial charge in [0.15, 0.2) is 0 Å². The summed E-state index contributed by atoms with van der Waals surface area (Å²) in [4.78, 5) is 11.4. The predicted molar refractivity (Wildman–Crippen MR) is 62.1 cm³/mol. The minimum atomic E-state index is -0.208. The molecule has 1 saturated heterocycles. The van der Waals surface area contributed by atoms with Crippen molar-refractivity contribution in [2.75, 3.05) is 7.11 Å². The highest BCUT2D eigenvalue weighted by Gasteiger charge is 2.30. The van der Waals surface area contributed by atoms with Gasteiger partial charge in [-0.2, -0.15) is 5.26 Å². The Balaban J connectivity index is 2.05. The Morgan fingerprint density at radius 3 is 2.71 bits per heavy atom. The summed E-state index contributed by atoms with van der Waals surface area (Å²) in [6.45, 7) is 0. The van der Waals surface area contributed by atoms with Gasteiger partial charge in [0, 0.05) is 6.04 Å².